The number of aliphatic carboxylic acids is 1. The summed E-state index contributed by atoms with van der Waals surface area (Å²) in [6.45, 7) is 4.83. The number of unbranched alkanes of at least 4 members (excludes halogenated alkanes) is 49. The Kier molecular flexibility index (Phi) is 58.1. The quantitative estimate of drug-likeness (QED) is 0.0256. The molecule has 0 amide bonds. The monoisotopic (exact) mass is 1080 g/mol. The van der Waals surface area contributed by atoms with Crippen molar-refractivity contribution in [2.75, 3.05) is 47.5 Å². The normalized spacial score (nSPS) is 12.6. The molecule has 0 rings (SSSR count). The van der Waals surface area contributed by atoms with Crippen LogP contribution in [-0.4, -0.2) is 82.3 Å². The average molecular weight is 1080 g/mol. The molecule has 0 aliphatic carbocycles. The zero-order valence-electron chi connectivity index (χ0n) is 51.7. The Balaban J connectivity index is 3.99. The van der Waals surface area contributed by atoms with Gasteiger partial charge in [0, 0.05) is 12.8 Å². The van der Waals surface area contributed by atoms with E-state index in [1.54, 1.807) is 0 Å². The summed E-state index contributed by atoms with van der Waals surface area (Å²) in [5.41, 5.74) is 0. The van der Waals surface area contributed by atoms with E-state index in [1.807, 2.05) is 21.1 Å². The second-order valence-electron chi connectivity index (χ2n) is 24.5. The van der Waals surface area contributed by atoms with Crippen molar-refractivity contribution < 1.29 is 42.9 Å². The Morgan fingerprint density at radius 2 is 0.592 bits per heavy atom. The number of rotatable bonds is 64. The summed E-state index contributed by atoms with van der Waals surface area (Å²) >= 11 is 0. The van der Waals surface area contributed by atoms with E-state index in [0.717, 1.165) is 38.5 Å². The molecule has 0 bridgehead atoms. The first-order valence-corrected chi connectivity index (χ1v) is 33.7. The van der Waals surface area contributed by atoms with E-state index in [4.69, 9.17) is 18.9 Å². The number of carbonyl (C=O) groups is 3. The van der Waals surface area contributed by atoms with Crippen LogP contribution in [0.1, 0.15) is 354 Å². The van der Waals surface area contributed by atoms with Gasteiger partial charge in [0.1, 0.15) is 13.2 Å². The number of carboxylic acids is 1. The van der Waals surface area contributed by atoms with Crippen LogP contribution in [0.2, 0.25) is 0 Å². The van der Waals surface area contributed by atoms with Crippen LogP contribution in [0.3, 0.4) is 0 Å². The first-order valence-electron chi connectivity index (χ1n) is 33.7. The molecule has 9 nitrogen and oxygen atoms in total. The summed E-state index contributed by atoms with van der Waals surface area (Å²) < 4.78 is 22.8. The molecule has 452 valence electrons. The van der Waals surface area contributed by atoms with Gasteiger partial charge in [-0.25, -0.2) is 0 Å². The molecule has 9 heteroatoms. The smallest absolute Gasteiger partial charge is 0.306 e. The average Bonchev–Trinajstić information content (AvgIpc) is 3.39. The zero-order chi connectivity index (χ0) is 55.5. The lowest BCUT2D eigenvalue weighted by molar-refractivity contribution is -0.870. The summed E-state index contributed by atoms with van der Waals surface area (Å²) in [6, 6.07) is 0. The molecule has 0 saturated carbocycles. The van der Waals surface area contributed by atoms with Gasteiger partial charge in [0.15, 0.2) is 12.4 Å². The highest BCUT2D eigenvalue weighted by molar-refractivity contribution is 5.70. The molecule has 0 aromatic carbocycles. The molecule has 76 heavy (non-hydrogen) atoms. The molecule has 0 spiro atoms. The minimum absolute atomic E-state index is 0.153. The molecule has 0 saturated heterocycles. The van der Waals surface area contributed by atoms with E-state index in [0.29, 0.717) is 17.4 Å². The van der Waals surface area contributed by atoms with E-state index in [2.05, 4.69) is 13.8 Å². The van der Waals surface area contributed by atoms with Crippen molar-refractivity contribution in [2.45, 2.75) is 367 Å². The van der Waals surface area contributed by atoms with Crippen LogP contribution in [0.5, 0.6) is 0 Å². The molecule has 2 atom stereocenters. The number of carboxylic acid groups (broad SMARTS) is 1. The molecule has 0 aliphatic heterocycles. The summed E-state index contributed by atoms with van der Waals surface area (Å²) in [5.74, 6) is -2.25. The van der Waals surface area contributed by atoms with E-state index >= 15 is 0 Å². The molecule has 0 fully saturated rings. The summed E-state index contributed by atoms with van der Waals surface area (Å²) in [7, 11) is 5.94. The lowest BCUT2D eigenvalue weighted by Crippen LogP contribution is -2.44. The zero-order valence-corrected chi connectivity index (χ0v) is 51.7. The number of nitrogens with zero attached hydrogens (tertiary/aromatic N) is 1. The molecule has 2 unspecified atom stereocenters. The van der Waals surface area contributed by atoms with Gasteiger partial charge in [0.2, 0.25) is 0 Å². The third-order valence-corrected chi connectivity index (χ3v) is 15.6. The predicted molar refractivity (Wildman–Crippen MR) is 320 cm³/mol. The Morgan fingerprint density at radius 3 is 0.842 bits per heavy atom. The van der Waals surface area contributed by atoms with Crippen molar-refractivity contribution in [1.29, 1.82) is 0 Å². The van der Waals surface area contributed by atoms with Gasteiger partial charge in [0.05, 0.1) is 40.3 Å². The van der Waals surface area contributed by atoms with Crippen LogP contribution in [0.25, 0.3) is 0 Å². The standard InChI is InChI=1S/C67H131NO8/c1-6-8-10-12-14-16-18-20-22-24-25-26-27-28-29-30-31-32-33-34-35-36-37-38-39-40-42-44-46-48-50-52-54-56-58-65(70)76-63(62-75-67(66(71)72)73-60-59-68(3,4)5)61-74-64(69)57-55-53-51-49-47-45-43-41-23-21-19-17-15-13-11-9-7-2/h63,67H,6-62H2,1-5H3. The molecule has 0 N–H and O–H groups in total. The highest BCUT2D eigenvalue weighted by atomic mass is 16.7. The molecule has 0 aliphatic rings. The number of carbonyl (C=O) groups excluding carboxylic acids is 3. The van der Waals surface area contributed by atoms with Gasteiger partial charge < -0.3 is 33.3 Å². The summed E-state index contributed by atoms with van der Waals surface area (Å²) in [4.78, 5) is 37.4. The van der Waals surface area contributed by atoms with Gasteiger partial charge in [-0.3, -0.25) is 9.59 Å². The Morgan fingerprint density at radius 1 is 0.342 bits per heavy atom. The second kappa shape index (κ2) is 59.4. The van der Waals surface area contributed by atoms with Crippen LogP contribution >= 0.6 is 0 Å². The highest BCUT2D eigenvalue weighted by Crippen LogP contribution is 2.19. The van der Waals surface area contributed by atoms with E-state index in [1.165, 1.54) is 289 Å². The predicted octanol–water partition coefficient (Wildman–Crippen LogP) is 19.0. The minimum atomic E-state index is -1.61. The number of hydrogen-bond acceptors (Lipinski definition) is 8. The largest absolute Gasteiger partial charge is 0.545 e. The SMILES string of the molecule is CCCCCCCCCCCCCCCCCCCCCCCCCCCCCCCCCCCCC(=O)OC(COC(=O)CCCCCCCCCCCCCCCCCCC)COC(OCC[N+](C)(C)C)C(=O)[O-]. The van der Waals surface area contributed by atoms with Gasteiger partial charge in [0.25, 0.3) is 0 Å². The van der Waals surface area contributed by atoms with Crippen LogP contribution in [-0.2, 0) is 33.3 Å². The lowest BCUT2D eigenvalue weighted by Gasteiger charge is -2.26. The first-order chi connectivity index (χ1) is 37.1. The van der Waals surface area contributed by atoms with E-state index in [-0.39, 0.29) is 32.2 Å². The van der Waals surface area contributed by atoms with Gasteiger partial charge in [-0.2, -0.15) is 0 Å². The summed E-state index contributed by atoms with van der Waals surface area (Å²) in [6.07, 6.45) is 66.2. The van der Waals surface area contributed by atoms with Crippen molar-refractivity contribution >= 4 is 17.9 Å². The van der Waals surface area contributed by atoms with Crippen LogP contribution in [0.4, 0.5) is 0 Å². The number of hydrogen-bond donors (Lipinski definition) is 0. The lowest BCUT2D eigenvalue weighted by atomic mass is 10.0. The Labute approximate surface area is 473 Å². The van der Waals surface area contributed by atoms with Gasteiger partial charge >= 0.3 is 11.9 Å². The highest BCUT2D eigenvalue weighted by Gasteiger charge is 2.22. The number of esters is 2. The number of ether oxygens (including phenoxy) is 4. The topological polar surface area (TPSA) is 111 Å². The van der Waals surface area contributed by atoms with Crippen LogP contribution < -0.4 is 5.11 Å². The second-order valence-corrected chi connectivity index (χ2v) is 24.5. The van der Waals surface area contributed by atoms with Gasteiger partial charge in [-0.05, 0) is 12.8 Å². The van der Waals surface area contributed by atoms with Gasteiger partial charge in [-0.15, -0.1) is 0 Å². The van der Waals surface area contributed by atoms with Gasteiger partial charge in [-0.1, -0.05) is 328 Å². The Hall–Kier alpha value is -1.71. The molecule has 0 radical (unpaired) electrons. The maximum Gasteiger partial charge on any atom is 0.306 e. The number of quaternary nitrogens is 1. The molecule has 0 aromatic heterocycles. The fourth-order valence-corrected chi connectivity index (χ4v) is 10.4. The fraction of sp³-hybridized carbons (Fsp3) is 0.955. The molecular formula is C67H131NO8. The van der Waals surface area contributed by atoms with Crippen molar-refractivity contribution in [3.63, 3.8) is 0 Å². The van der Waals surface area contributed by atoms with Crippen molar-refractivity contribution in [1.82, 2.24) is 0 Å². The maximum absolute atomic E-state index is 12.9. The third-order valence-electron chi connectivity index (χ3n) is 15.6. The fourth-order valence-electron chi connectivity index (χ4n) is 10.4. The summed E-state index contributed by atoms with van der Waals surface area (Å²) in [5, 5.41) is 11.8. The first kappa shape index (κ1) is 74.3. The van der Waals surface area contributed by atoms with Crippen molar-refractivity contribution in [2.24, 2.45) is 0 Å². The number of likely N-dealkylation sites (N-methyl/N-ethyl adjacent to an activating group) is 1. The molecule has 0 aromatic rings. The molecular weight excluding hydrogens is 947 g/mol. The van der Waals surface area contributed by atoms with Crippen LogP contribution in [0, 0.1) is 0 Å². The van der Waals surface area contributed by atoms with Crippen molar-refractivity contribution in [3.8, 4) is 0 Å². The maximum atomic E-state index is 12.9. The van der Waals surface area contributed by atoms with E-state index < -0.39 is 24.3 Å². The minimum Gasteiger partial charge on any atom is -0.545 e. The Bertz CT molecular complexity index is 1210. The third kappa shape index (κ3) is 59.9. The van der Waals surface area contributed by atoms with Crippen molar-refractivity contribution in [3.05, 3.63) is 0 Å². The van der Waals surface area contributed by atoms with Crippen LogP contribution in [0.15, 0.2) is 0 Å². The molecule has 0 heterocycles. The van der Waals surface area contributed by atoms with E-state index in [9.17, 15) is 19.5 Å².